The fraction of sp³-hybridized carbons (Fsp3) is 0.292. The van der Waals surface area contributed by atoms with Gasteiger partial charge < -0.3 is 24.7 Å². The number of oxazole rings is 1. The van der Waals surface area contributed by atoms with Crippen LogP contribution in [0, 0.1) is 6.92 Å². The van der Waals surface area contributed by atoms with Gasteiger partial charge in [-0.2, -0.15) is 0 Å². The minimum atomic E-state index is -0.0866. The van der Waals surface area contributed by atoms with E-state index < -0.39 is 0 Å². The number of carbonyl (C=O) groups excluding carboxylic acids is 1. The van der Waals surface area contributed by atoms with Crippen molar-refractivity contribution in [2.45, 2.75) is 20.0 Å². The molecule has 0 atom stereocenters. The average Bonchev–Trinajstić information content (AvgIpc) is 3.27. The van der Waals surface area contributed by atoms with Gasteiger partial charge in [0.2, 0.25) is 5.89 Å². The van der Waals surface area contributed by atoms with Crippen LogP contribution in [0.3, 0.4) is 0 Å². The Kier molecular flexibility index (Phi) is 7.85. The highest BCUT2D eigenvalue weighted by molar-refractivity contribution is 5.79. The number of nitrogens with zero attached hydrogens (tertiary/aromatic N) is 3. The number of guanidine groups is 1. The lowest BCUT2D eigenvalue weighted by Crippen LogP contribution is -2.36. The van der Waals surface area contributed by atoms with Gasteiger partial charge in [-0.05, 0) is 36.8 Å². The molecule has 8 nitrogen and oxygen atoms in total. The molecule has 8 heteroatoms. The first kappa shape index (κ1) is 22.9. The Morgan fingerprint density at radius 1 is 1.12 bits per heavy atom. The van der Waals surface area contributed by atoms with Gasteiger partial charge in [0.25, 0.3) is 5.91 Å². The summed E-state index contributed by atoms with van der Waals surface area (Å²) in [5.41, 5.74) is 3.92. The molecule has 3 aromatic rings. The first-order valence-corrected chi connectivity index (χ1v) is 10.3. The van der Waals surface area contributed by atoms with Crippen LogP contribution in [-0.2, 0) is 17.9 Å². The third kappa shape index (κ3) is 6.60. The van der Waals surface area contributed by atoms with Crippen LogP contribution >= 0.6 is 0 Å². The summed E-state index contributed by atoms with van der Waals surface area (Å²) in [6.07, 6.45) is 1.64. The summed E-state index contributed by atoms with van der Waals surface area (Å²) in [6.45, 7) is 3.08. The molecule has 1 heterocycles. The summed E-state index contributed by atoms with van der Waals surface area (Å²) < 4.78 is 11.2. The molecule has 32 heavy (non-hydrogen) atoms. The number of benzene rings is 2. The van der Waals surface area contributed by atoms with Crippen LogP contribution in [0.5, 0.6) is 5.75 Å². The smallest absolute Gasteiger partial charge is 0.259 e. The molecular weight excluding hydrogens is 406 g/mol. The summed E-state index contributed by atoms with van der Waals surface area (Å²) in [4.78, 5) is 22.0. The second-order valence-corrected chi connectivity index (χ2v) is 7.51. The monoisotopic (exact) mass is 435 g/mol. The van der Waals surface area contributed by atoms with Crippen LogP contribution in [0.2, 0.25) is 0 Å². The Bertz CT molecular complexity index is 1060. The number of nitrogens with one attached hydrogen (secondary N) is 2. The Morgan fingerprint density at radius 2 is 1.88 bits per heavy atom. The predicted molar refractivity (Wildman–Crippen MR) is 124 cm³/mol. The number of aryl methyl sites for hydroxylation is 1. The summed E-state index contributed by atoms with van der Waals surface area (Å²) in [7, 11) is 5.11. The predicted octanol–water partition coefficient (Wildman–Crippen LogP) is 2.98. The maximum Gasteiger partial charge on any atom is 0.259 e. The Hall–Kier alpha value is -3.81. The number of rotatable bonds is 8. The van der Waals surface area contributed by atoms with Crippen molar-refractivity contribution in [3.05, 3.63) is 71.6 Å². The maximum absolute atomic E-state index is 11.7. The van der Waals surface area contributed by atoms with E-state index in [1.165, 1.54) is 10.5 Å². The van der Waals surface area contributed by atoms with Gasteiger partial charge in [0.15, 0.2) is 12.6 Å². The Labute approximate surface area is 188 Å². The number of amides is 1. The van der Waals surface area contributed by atoms with E-state index in [0.717, 1.165) is 16.8 Å². The van der Waals surface area contributed by atoms with Crippen LogP contribution in [-0.4, -0.2) is 49.5 Å². The molecule has 168 valence electrons. The summed E-state index contributed by atoms with van der Waals surface area (Å²) in [5.74, 6) is 1.79. The standard InChI is InChI=1S/C24H29N5O3/c1-17-8-10-19(11-9-17)23-28-20(15-32-23)14-27-24(25-2)26-13-18-6-5-7-21(12-18)31-16-22(30)29(3)4/h5-12,15H,13-14,16H2,1-4H3,(H2,25,26,27). The van der Waals surface area contributed by atoms with Crippen molar-refractivity contribution in [2.75, 3.05) is 27.7 Å². The zero-order chi connectivity index (χ0) is 22.9. The molecule has 0 aliphatic rings. The second-order valence-electron chi connectivity index (χ2n) is 7.51. The Morgan fingerprint density at radius 3 is 2.59 bits per heavy atom. The van der Waals surface area contributed by atoms with Crippen molar-refractivity contribution in [2.24, 2.45) is 4.99 Å². The topological polar surface area (TPSA) is 92.0 Å². The van der Waals surface area contributed by atoms with Gasteiger partial charge in [-0.25, -0.2) is 4.98 Å². The lowest BCUT2D eigenvalue weighted by Gasteiger charge is -2.13. The molecule has 2 aromatic carbocycles. The van der Waals surface area contributed by atoms with Gasteiger partial charge in [0.05, 0.1) is 12.2 Å². The fourth-order valence-electron chi connectivity index (χ4n) is 2.82. The van der Waals surface area contributed by atoms with Gasteiger partial charge in [-0.15, -0.1) is 0 Å². The first-order valence-electron chi connectivity index (χ1n) is 10.3. The first-order chi connectivity index (χ1) is 15.4. The fourth-order valence-corrected chi connectivity index (χ4v) is 2.82. The van der Waals surface area contributed by atoms with E-state index in [-0.39, 0.29) is 12.5 Å². The molecule has 2 N–H and O–H groups in total. The number of hydrogen-bond acceptors (Lipinski definition) is 5. The Balaban J connectivity index is 1.50. The van der Waals surface area contributed by atoms with Crippen molar-refractivity contribution in [3.63, 3.8) is 0 Å². The molecule has 1 aromatic heterocycles. The van der Waals surface area contributed by atoms with Gasteiger partial charge in [-0.3, -0.25) is 9.79 Å². The molecule has 0 aliphatic heterocycles. The van der Waals surface area contributed by atoms with Crippen LogP contribution in [0.25, 0.3) is 11.5 Å². The molecule has 0 aliphatic carbocycles. The van der Waals surface area contributed by atoms with Crippen molar-refractivity contribution < 1.29 is 13.9 Å². The number of aromatic nitrogens is 1. The summed E-state index contributed by atoms with van der Waals surface area (Å²) >= 11 is 0. The molecule has 0 bridgehead atoms. The van der Waals surface area contributed by atoms with E-state index in [4.69, 9.17) is 9.15 Å². The van der Waals surface area contributed by atoms with Gasteiger partial charge in [0, 0.05) is 33.3 Å². The maximum atomic E-state index is 11.7. The molecule has 0 unspecified atom stereocenters. The second kappa shape index (κ2) is 11.0. The van der Waals surface area contributed by atoms with Crippen LogP contribution in [0.4, 0.5) is 0 Å². The highest BCUT2D eigenvalue weighted by Crippen LogP contribution is 2.19. The number of ether oxygens (including phenoxy) is 1. The number of hydrogen-bond donors (Lipinski definition) is 2. The minimum absolute atomic E-state index is 0.00931. The number of likely N-dealkylation sites (N-methyl/N-ethyl adjacent to an activating group) is 1. The van der Waals surface area contributed by atoms with Crippen molar-refractivity contribution >= 4 is 11.9 Å². The summed E-state index contributed by atoms with van der Waals surface area (Å²) in [6, 6.07) is 15.6. The molecule has 1 amide bonds. The number of aliphatic imine (C=N–C) groups is 1. The molecule has 0 saturated heterocycles. The quantitative estimate of drug-likeness (QED) is 0.418. The zero-order valence-corrected chi connectivity index (χ0v) is 18.9. The van der Waals surface area contributed by atoms with E-state index in [1.54, 1.807) is 27.4 Å². The largest absolute Gasteiger partial charge is 0.484 e. The van der Waals surface area contributed by atoms with Gasteiger partial charge in [0.1, 0.15) is 12.0 Å². The molecule has 0 radical (unpaired) electrons. The van der Waals surface area contributed by atoms with Crippen LogP contribution < -0.4 is 15.4 Å². The third-order valence-electron chi connectivity index (χ3n) is 4.73. The molecular formula is C24H29N5O3. The van der Waals surface area contributed by atoms with E-state index >= 15 is 0 Å². The summed E-state index contributed by atoms with van der Waals surface area (Å²) in [5, 5.41) is 6.49. The third-order valence-corrected chi connectivity index (χ3v) is 4.73. The van der Waals surface area contributed by atoms with Crippen molar-refractivity contribution in [3.8, 4) is 17.2 Å². The molecule has 0 spiro atoms. The lowest BCUT2D eigenvalue weighted by molar-refractivity contribution is -0.130. The normalized spacial score (nSPS) is 11.2. The van der Waals surface area contributed by atoms with Gasteiger partial charge in [-0.1, -0.05) is 29.8 Å². The molecule has 0 fully saturated rings. The molecule has 0 saturated carbocycles. The highest BCUT2D eigenvalue weighted by Gasteiger charge is 2.08. The van der Waals surface area contributed by atoms with Crippen molar-refractivity contribution in [1.29, 1.82) is 0 Å². The lowest BCUT2D eigenvalue weighted by atomic mass is 10.1. The van der Waals surface area contributed by atoms with Crippen molar-refractivity contribution in [1.82, 2.24) is 20.5 Å². The van der Waals surface area contributed by atoms with E-state index in [2.05, 4.69) is 20.6 Å². The zero-order valence-electron chi connectivity index (χ0n) is 18.9. The van der Waals surface area contributed by atoms with Gasteiger partial charge >= 0.3 is 0 Å². The minimum Gasteiger partial charge on any atom is -0.484 e. The SMILES string of the molecule is CN=C(NCc1cccc(OCC(=O)N(C)C)c1)NCc1coc(-c2ccc(C)cc2)n1. The van der Waals surface area contributed by atoms with E-state index in [9.17, 15) is 4.79 Å². The van der Waals surface area contributed by atoms with E-state index in [1.807, 2.05) is 55.5 Å². The highest BCUT2D eigenvalue weighted by atomic mass is 16.5. The van der Waals surface area contributed by atoms with Crippen LogP contribution in [0.15, 0.2) is 64.2 Å². The average molecular weight is 436 g/mol. The number of carbonyl (C=O) groups is 1. The van der Waals surface area contributed by atoms with E-state index in [0.29, 0.717) is 30.7 Å². The van der Waals surface area contributed by atoms with Crippen LogP contribution in [0.1, 0.15) is 16.8 Å². The molecule has 3 rings (SSSR count).